The Balaban J connectivity index is 1.31. The maximum Gasteiger partial charge on any atom is 0.344 e. The van der Waals surface area contributed by atoms with E-state index in [2.05, 4.69) is 5.10 Å². The molecular formula is C30H25N3O7. The summed E-state index contributed by atoms with van der Waals surface area (Å²) in [7, 11) is 1.58. The van der Waals surface area contributed by atoms with Gasteiger partial charge in [-0.3, -0.25) is 14.9 Å². The highest BCUT2D eigenvalue weighted by molar-refractivity contribution is 6.05. The summed E-state index contributed by atoms with van der Waals surface area (Å²) in [6.45, 7) is -1.16. The van der Waals surface area contributed by atoms with Gasteiger partial charge in [0.2, 0.25) is 0 Å². The van der Waals surface area contributed by atoms with Gasteiger partial charge in [0.25, 0.3) is 5.91 Å². The van der Waals surface area contributed by atoms with Gasteiger partial charge in [0.1, 0.15) is 5.75 Å². The van der Waals surface area contributed by atoms with E-state index >= 15 is 0 Å². The highest BCUT2D eigenvalue weighted by atomic mass is 16.6. The van der Waals surface area contributed by atoms with Crippen LogP contribution in [0.1, 0.15) is 23.6 Å². The second kappa shape index (κ2) is 11.6. The van der Waals surface area contributed by atoms with Crippen molar-refractivity contribution in [3.05, 3.63) is 112 Å². The average Bonchev–Trinajstić information content (AvgIpc) is 3.44. The lowest BCUT2D eigenvalue weighted by Gasteiger charge is -2.22. The summed E-state index contributed by atoms with van der Waals surface area (Å²) < 4.78 is 15.7. The molecule has 4 aromatic rings. The topological polar surface area (TPSA) is 121 Å². The third kappa shape index (κ3) is 5.75. The van der Waals surface area contributed by atoms with Gasteiger partial charge >= 0.3 is 11.7 Å². The number of ether oxygens (including phenoxy) is 3. The molecule has 0 aromatic heterocycles. The smallest absolute Gasteiger partial charge is 0.344 e. The first-order valence-electron chi connectivity index (χ1n) is 12.5. The molecule has 0 aliphatic carbocycles. The zero-order valence-corrected chi connectivity index (χ0v) is 21.6. The van der Waals surface area contributed by atoms with E-state index in [1.807, 2.05) is 66.7 Å². The van der Waals surface area contributed by atoms with Crippen molar-refractivity contribution in [2.75, 3.05) is 20.3 Å². The number of esters is 1. The Labute approximate surface area is 229 Å². The van der Waals surface area contributed by atoms with Gasteiger partial charge in [0.05, 0.1) is 23.8 Å². The molecule has 1 atom stereocenters. The number of nitro groups is 1. The van der Waals surface area contributed by atoms with Gasteiger partial charge in [0.15, 0.2) is 19.0 Å². The van der Waals surface area contributed by atoms with E-state index in [-0.39, 0.29) is 11.4 Å². The Morgan fingerprint density at radius 3 is 2.42 bits per heavy atom. The number of nitro benzene ring substituents is 1. The fourth-order valence-electron chi connectivity index (χ4n) is 4.49. The maximum absolute atomic E-state index is 13.3. The first-order valence-corrected chi connectivity index (χ1v) is 12.5. The van der Waals surface area contributed by atoms with Gasteiger partial charge in [0, 0.05) is 12.5 Å². The fourth-order valence-corrected chi connectivity index (χ4v) is 4.49. The van der Waals surface area contributed by atoms with Crippen molar-refractivity contribution in [3.63, 3.8) is 0 Å². The van der Waals surface area contributed by atoms with Crippen molar-refractivity contribution in [1.82, 2.24) is 5.01 Å². The molecule has 0 fully saturated rings. The first-order chi connectivity index (χ1) is 19.4. The van der Waals surface area contributed by atoms with Gasteiger partial charge in [-0.2, -0.15) is 5.10 Å². The van der Waals surface area contributed by atoms with Crippen molar-refractivity contribution in [1.29, 1.82) is 0 Å². The molecule has 0 N–H and O–H groups in total. The summed E-state index contributed by atoms with van der Waals surface area (Å²) in [5, 5.41) is 19.3. The van der Waals surface area contributed by atoms with Crippen LogP contribution >= 0.6 is 0 Å². The SMILES string of the molecule is COc1ccc(C2CC(c3ccc4ccccc4c3)=NN2C(=O)COC(=O)COc2ccccc2[N+](=O)[O-])cc1. The van der Waals surface area contributed by atoms with E-state index in [1.54, 1.807) is 13.2 Å². The summed E-state index contributed by atoms with van der Waals surface area (Å²) >= 11 is 0. The number of hydrogen-bond acceptors (Lipinski definition) is 8. The molecule has 1 unspecified atom stereocenters. The largest absolute Gasteiger partial charge is 0.497 e. The number of benzene rings is 4. The highest BCUT2D eigenvalue weighted by Crippen LogP contribution is 2.34. The standard InChI is InChI=1S/C30H25N3O7/c1-38-24-14-12-21(13-15-24)27-17-25(23-11-10-20-6-2-3-7-22(20)16-23)31-32(27)29(34)18-40-30(35)19-39-28-9-5-4-8-26(28)33(36)37/h2-16,27H,17-19H2,1H3. The molecule has 0 saturated carbocycles. The Morgan fingerprint density at radius 2 is 1.68 bits per heavy atom. The van der Waals surface area contributed by atoms with Gasteiger partial charge in [-0.15, -0.1) is 0 Å². The van der Waals surface area contributed by atoms with Crippen LogP contribution in [-0.4, -0.2) is 47.8 Å². The summed E-state index contributed by atoms with van der Waals surface area (Å²) in [4.78, 5) is 36.1. The molecule has 10 heteroatoms. The summed E-state index contributed by atoms with van der Waals surface area (Å²) in [6.07, 6.45) is 0.463. The van der Waals surface area contributed by atoms with E-state index in [0.29, 0.717) is 12.2 Å². The van der Waals surface area contributed by atoms with E-state index in [1.165, 1.54) is 23.2 Å². The van der Waals surface area contributed by atoms with Crippen LogP contribution < -0.4 is 9.47 Å². The monoisotopic (exact) mass is 539 g/mol. The van der Waals surface area contributed by atoms with Crippen LogP contribution in [0, 0.1) is 10.1 Å². The number of hydrogen-bond donors (Lipinski definition) is 0. The lowest BCUT2D eigenvalue weighted by Crippen LogP contribution is -2.32. The summed E-state index contributed by atoms with van der Waals surface area (Å²) in [6, 6.07) is 26.6. The molecule has 5 rings (SSSR count). The van der Waals surface area contributed by atoms with E-state index in [9.17, 15) is 19.7 Å². The number of nitrogens with zero attached hydrogens (tertiary/aromatic N) is 3. The second-order valence-electron chi connectivity index (χ2n) is 9.01. The average molecular weight is 540 g/mol. The molecule has 4 aromatic carbocycles. The van der Waals surface area contributed by atoms with Crippen molar-refractivity contribution < 1.29 is 28.7 Å². The van der Waals surface area contributed by atoms with Crippen LogP contribution in [0.25, 0.3) is 10.8 Å². The summed E-state index contributed by atoms with van der Waals surface area (Å²) in [5.74, 6) is -0.747. The molecule has 1 amide bonds. The Kier molecular flexibility index (Phi) is 7.68. The van der Waals surface area contributed by atoms with E-state index in [0.717, 1.165) is 27.6 Å². The van der Waals surface area contributed by atoms with Gasteiger partial charge in [-0.05, 0) is 46.2 Å². The number of hydrazone groups is 1. The minimum absolute atomic E-state index is 0.0699. The Hall–Kier alpha value is -5.25. The number of carbonyl (C=O) groups excluding carboxylic acids is 2. The van der Waals surface area contributed by atoms with E-state index < -0.39 is 36.1 Å². The number of fused-ring (bicyclic) bond motifs is 1. The number of carbonyl (C=O) groups is 2. The van der Waals surface area contributed by atoms with E-state index in [4.69, 9.17) is 14.2 Å². The van der Waals surface area contributed by atoms with Crippen LogP contribution in [0.5, 0.6) is 11.5 Å². The lowest BCUT2D eigenvalue weighted by molar-refractivity contribution is -0.385. The molecule has 10 nitrogen and oxygen atoms in total. The molecule has 1 heterocycles. The fraction of sp³-hybridized carbons (Fsp3) is 0.167. The van der Waals surface area contributed by atoms with Crippen LogP contribution in [0.3, 0.4) is 0 Å². The van der Waals surface area contributed by atoms with Crippen molar-refractivity contribution in [2.24, 2.45) is 5.10 Å². The predicted molar refractivity (Wildman–Crippen MR) is 147 cm³/mol. The van der Waals surface area contributed by atoms with Gasteiger partial charge in [-0.25, -0.2) is 9.80 Å². The minimum Gasteiger partial charge on any atom is -0.497 e. The lowest BCUT2D eigenvalue weighted by atomic mass is 9.97. The molecule has 1 aliphatic heterocycles. The highest BCUT2D eigenvalue weighted by Gasteiger charge is 2.33. The zero-order chi connectivity index (χ0) is 28.1. The van der Waals surface area contributed by atoms with Gasteiger partial charge in [-0.1, -0.05) is 60.7 Å². The molecule has 40 heavy (non-hydrogen) atoms. The molecule has 202 valence electrons. The molecule has 0 spiro atoms. The number of amides is 1. The van der Waals surface area contributed by atoms with Crippen LogP contribution in [0.15, 0.2) is 96.1 Å². The Morgan fingerprint density at radius 1 is 0.950 bits per heavy atom. The first kappa shape index (κ1) is 26.4. The third-order valence-corrected chi connectivity index (χ3v) is 6.51. The number of methoxy groups -OCH3 is 1. The van der Waals surface area contributed by atoms with Crippen molar-refractivity contribution in [3.8, 4) is 11.5 Å². The minimum atomic E-state index is -0.842. The third-order valence-electron chi connectivity index (χ3n) is 6.51. The second-order valence-corrected chi connectivity index (χ2v) is 9.01. The van der Waals surface area contributed by atoms with Crippen molar-refractivity contribution >= 4 is 34.0 Å². The van der Waals surface area contributed by atoms with Crippen LogP contribution in [-0.2, 0) is 14.3 Å². The number of rotatable bonds is 9. The normalized spacial score (nSPS) is 14.5. The molecule has 0 bridgehead atoms. The maximum atomic E-state index is 13.3. The van der Waals surface area contributed by atoms with Crippen LogP contribution in [0.2, 0.25) is 0 Å². The van der Waals surface area contributed by atoms with Crippen LogP contribution in [0.4, 0.5) is 5.69 Å². The zero-order valence-electron chi connectivity index (χ0n) is 21.6. The number of para-hydroxylation sites is 2. The van der Waals surface area contributed by atoms with Gasteiger partial charge < -0.3 is 14.2 Å². The molecule has 1 aliphatic rings. The Bertz CT molecular complexity index is 1600. The molecular weight excluding hydrogens is 514 g/mol. The predicted octanol–water partition coefficient (Wildman–Crippen LogP) is 5.06. The molecule has 0 saturated heterocycles. The van der Waals surface area contributed by atoms with Crippen molar-refractivity contribution in [2.45, 2.75) is 12.5 Å². The summed E-state index contributed by atoms with van der Waals surface area (Å²) in [5.41, 5.74) is 2.19. The molecule has 0 radical (unpaired) electrons. The quantitative estimate of drug-likeness (QED) is 0.166.